The van der Waals surface area contributed by atoms with Crippen LogP contribution in [0.25, 0.3) is 0 Å². The van der Waals surface area contributed by atoms with E-state index in [0.717, 1.165) is 4.90 Å². The van der Waals surface area contributed by atoms with Crippen LogP contribution in [0, 0.1) is 0 Å². The zero-order valence-corrected chi connectivity index (χ0v) is 13.9. The fourth-order valence-electron chi connectivity index (χ4n) is 2.86. The Morgan fingerprint density at radius 1 is 1.36 bits per heavy atom. The van der Waals surface area contributed by atoms with Gasteiger partial charge < -0.3 is 21.3 Å². The van der Waals surface area contributed by atoms with Gasteiger partial charge in [-0.1, -0.05) is 30.3 Å². The normalized spacial score (nSPS) is 23.6. The third kappa shape index (κ3) is 3.01. The van der Waals surface area contributed by atoms with Crippen LogP contribution in [-0.4, -0.2) is 56.7 Å². The number of thioether (sulfide) groups is 1. The highest BCUT2D eigenvalue weighted by Gasteiger charge is 2.54. The summed E-state index contributed by atoms with van der Waals surface area (Å²) in [6.07, 6.45) is 0. The summed E-state index contributed by atoms with van der Waals surface area (Å²) in [6, 6.07) is 7.01. The zero-order chi connectivity index (χ0) is 18.1. The Bertz CT molecular complexity index is 751. The minimum absolute atomic E-state index is 0.200. The summed E-state index contributed by atoms with van der Waals surface area (Å²) in [5.74, 6) is -2.01. The number of nitrogens with one attached hydrogen (secondary N) is 1. The zero-order valence-electron chi connectivity index (χ0n) is 13.1. The summed E-state index contributed by atoms with van der Waals surface area (Å²) in [4.78, 5) is 37.2. The number of carbonyl (C=O) groups excluding carboxylic acids is 2. The van der Waals surface area contributed by atoms with Gasteiger partial charge in [0, 0.05) is 5.75 Å². The number of nitrogens with two attached hydrogens (primary N) is 1. The predicted molar refractivity (Wildman–Crippen MR) is 90.1 cm³/mol. The lowest BCUT2D eigenvalue weighted by atomic mass is 10.0. The number of benzene rings is 1. The van der Waals surface area contributed by atoms with Crippen LogP contribution in [0.2, 0.25) is 0 Å². The van der Waals surface area contributed by atoms with Crippen molar-refractivity contribution in [2.24, 2.45) is 5.73 Å². The number of β-lactam (4-membered cyclic amide) rings is 1. The van der Waals surface area contributed by atoms with Gasteiger partial charge in [0.2, 0.25) is 5.91 Å². The number of carboxylic acid groups (broad SMARTS) is 1. The topological polar surface area (TPSA) is 133 Å². The molecule has 1 aromatic rings. The molecule has 8 nitrogen and oxygen atoms in total. The Morgan fingerprint density at radius 3 is 2.64 bits per heavy atom. The van der Waals surface area contributed by atoms with E-state index in [2.05, 4.69) is 5.32 Å². The monoisotopic (exact) mass is 363 g/mol. The molecule has 2 heterocycles. The number of aliphatic carboxylic acids is 1. The van der Waals surface area contributed by atoms with E-state index in [0.29, 0.717) is 5.56 Å². The number of nitrogens with zero attached hydrogens (tertiary/aromatic N) is 1. The minimum atomic E-state index is -1.27. The van der Waals surface area contributed by atoms with Gasteiger partial charge in [-0.05, 0) is 11.1 Å². The van der Waals surface area contributed by atoms with Crippen LogP contribution in [0.1, 0.15) is 11.6 Å². The van der Waals surface area contributed by atoms with Crippen molar-refractivity contribution in [1.29, 1.82) is 0 Å². The lowest BCUT2D eigenvalue weighted by Crippen LogP contribution is -2.71. The van der Waals surface area contributed by atoms with Crippen molar-refractivity contribution in [3.63, 3.8) is 0 Å². The molecule has 3 rings (SSSR count). The second-order valence-electron chi connectivity index (χ2n) is 5.70. The van der Waals surface area contributed by atoms with Gasteiger partial charge in [-0.25, -0.2) is 4.79 Å². The summed E-state index contributed by atoms with van der Waals surface area (Å²) in [5.41, 5.74) is 6.62. The van der Waals surface area contributed by atoms with Crippen LogP contribution in [0.15, 0.2) is 41.6 Å². The summed E-state index contributed by atoms with van der Waals surface area (Å²) in [6.45, 7) is -0.430. The Labute approximate surface area is 147 Å². The van der Waals surface area contributed by atoms with Crippen molar-refractivity contribution >= 4 is 29.5 Å². The van der Waals surface area contributed by atoms with E-state index >= 15 is 0 Å². The SMILES string of the molecule is NC(C(=O)NC1C(=O)N2C(C(=O)O)=C(CO)CSC12)c1ccccc1. The largest absolute Gasteiger partial charge is 0.477 e. The fraction of sp³-hybridized carbons (Fsp3) is 0.312. The number of rotatable bonds is 5. The van der Waals surface area contributed by atoms with E-state index in [1.807, 2.05) is 0 Å². The van der Waals surface area contributed by atoms with Crippen molar-refractivity contribution in [2.45, 2.75) is 17.5 Å². The first-order valence-electron chi connectivity index (χ1n) is 7.57. The molecule has 3 atom stereocenters. The predicted octanol–water partition coefficient (Wildman–Crippen LogP) is -0.583. The first kappa shape index (κ1) is 17.5. The van der Waals surface area contributed by atoms with Crippen molar-refractivity contribution < 1.29 is 24.6 Å². The first-order chi connectivity index (χ1) is 12.0. The number of amides is 2. The lowest BCUT2D eigenvalue weighted by Gasteiger charge is -2.49. The standard InChI is InChI=1S/C16H17N3O5S/c17-10(8-4-2-1-3-5-8)13(21)18-11-14(22)19-12(16(23)24)9(6-20)7-25-15(11)19/h1-5,10-11,15,20H,6-7,17H2,(H,18,21)(H,23,24). The van der Waals surface area contributed by atoms with Gasteiger partial charge >= 0.3 is 5.97 Å². The molecule has 25 heavy (non-hydrogen) atoms. The third-order valence-corrected chi connectivity index (χ3v) is 5.52. The van der Waals surface area contributed by atoms with E-state index in [-0.39, 0.29) is 17.0 Å². The number of fused-ring (bicyclic) bond motifs is 1. The van der Waals surface area contributed by atoms with Crippen LogP contribution >= 0.6 is 11.8 Å². The quantitative estimate of drug-likeness (QED) is 0.514. The second kappa shape index (κ2) is 6.87. The van der Waals surface area contributed by atoms with E-state index < -0.39 is 41.8 Å². The van der Waals surface area contributed by atoms with E-state index in [1.54, 1.807) is 30.3 Å². The van der Waals surface area contributed by atoms with Crippen LogP contribution in [0.3, 0.4) is 0 Å². The summed E-state index contributed by atoms with van der Waals surface area (Å²) in [5, 5.41) is 20.7. The minimum Gasteiger partial charge on any atom is -0.477 e. The molecule has 2 aliphatic heterocycles. The molecular formula is C16H17N3O5S. The van der Waals surface area contributed by atoms with Crippen LogP contribution < -0.4 is 11.1 Å². The van der Waals surface area contributed by atoms with Gasteiger partial charge in [0.1, 0.15) is 23.2 Å². The number of hydrogen-bond donors (Lipinski definition) is 4. The Balaban J connectivity index is 1.73. The highest BCUT2D eigenvalue weighted by molar-refractivity contribution is 8.00. The summed E-state index contributed by atoms with van der Waals surface area (Å²) < 4.78 is 0. The summed E-state index contributed by atoms with van der Waals surface area (Å²) in [7, 11) is 0. The molecule has 132 valence electrons. The molecule has 0 aliphatic carbocycles. The number of carbonyl (C=O) groups is 3. The highest BCUT2D eigenvalue weighted by Crippen LogP contribution is 2.40. The van der Waals surface area contributed by atoms with Crippen LogP contribution in [0.4, 0.5) is 0 Å². The average Bonchev–Trinajstić information content (AvgIpc) is 2.64. The van der Waals surface area contributed by atoms with Crippen LogP contribution in [-0.2, 0) is 14.4 Å². The second-order valence-corrected chi connectivity index (χ2v) is 6.80. The maximum absolute atomic E-state index is 12.3. The first-order valence-corrected chi connectivity index (χ1v) is 8.62. The van der Waals surface area contributed by atoms with Gasteiger partial charge in [0.25, 0.3) is 5.91 Å². The van der Waals surface area contributed by atoms with Crippen molar-refractivity contribution in [1.82, 2.24) is 10.2 Å². The fourth-order valence-corrected chi connectivity index (χ4v) is 4.19. The number of aliphatic hydroxyl groups excluding tert-OH is 1. The smallest absolute Gasteiger partial charge is 0.352 e. The average molecular weight is 363 g/mol. The molecule has 5 N–H and O–H groups in total. The number of aliphatic hydroxyl groups is 1. The van der Waals surface area contributed by atoms with Crippen molar-refractivity contribution in [2.75, 3.05) is 12.4 Å². The molecular weight excluding hydrogens is 346 g/mol. The molecule has 0 aromatic heterocycles. The highest BCUT2D eigenvalue weighted by atomic mass is 32.2. The molecule has 2 amide bonds. The molecule has 0 radical (unpaired) electrons. The maximum Gasteiger partial charge on any atom is 0.352 e. The van der Waals surface area contributed by atoms with Crippen molar-refractivity contribution in [3.8, 4) is 0 Å². The Morgan fingerprint density at radius 2 is 2.04 bits per heavy atom. The molecule has 1 fully saturated rings. The molecule has 2 aliphatic rings. The van der Waals surface area contributed by atoms with Gasteiger partial charge in [-0.3, -0.25) is 14.5 Å². The van der Waals surface area contributed by atoms with Gasteiger partial charge in [-0.15, -0.1) is 11.8 Å². The number of carboxylic acids is 1. The van der Waals surface area contributed by atoms with Gasteiger partial charge in [0.05, 0.1) is 6.61 Å². The van der Waals surface area contributed by atoms with Crippen LogP contribution in [0.5, 0.6) is 0 Å². The molecule has 1 saturated heterocycles. The van der Waals surface area contributed by atoms with E-state index in [4.69, 9.17) is 5.73 Å². The van der Waals surface area contributed by atoms with Gasteiger partial charge in [0.15, 0.2) is 0 Å². The maximum atomic E-state index is 12.3. The number of hydrogen-bond acceptors (Lipinski definition) is 6. The summed E-state index contributed by atoms with van der Waals surface area (Å²) >= 11 is 1.30. The molecule has 0 saturated carbocycles. The Kier molecular flexibility index (Phi) is 4.80. The van der Waals surface area contributed by atoms with E-state index in [9.17, 15) is 24.6 Å². The van der Waals surface area contributed by atoms with Gasteiger partial charge in [-0.2, -0.15) is 0 Å². The molecule has 3 unspecified atom stereocenters. The molecule has 0 bridgehead atoms. The Hall–Kier alpha value is -2.36. The lowest BCUT2D eigenvalue weighted by molar-refractivity contribution is -0.151. The van der Waals surface area contributed by atoms with Crippen molar-refractivity contribution in [3.05, 3.63) is 47.2 Å². The van der Waals surface area contributed by atoms with E-state index in [1.165, 1.54) is 11.8 Å². The molecule has 9 heteroatoms. The molecule has 1 aromatic carbocycles. The molecule has 0 spiro atoms. The third-order valence-electron chi connectivity index (χ3n) is 4.18.